The van der Waals surface area contributed by atoms with E-state index < -0.39 is 10.0 Å². The van der Waals surface area contributed by atoms with Crippen LogP contribution in [0.4, 0.5) is 5.69 Å². The molecule has 9 heteroatoms. The van der Waals surface area contributed by atoms with Gasteiger partial charge >= 0.3 is 0 Å². The molecule has 34 heavy (non-hydrogen) atoms. The van der Waals surface area contributed by atoms with Crippen LogP contribution in [-0.4, -0.2) is 36.3 Å². The summed E-state index contributed by atoms with van der Waals surface area (Å²) in [6, 6.07) is 12.3. The highest BCUT2D eigenvalue weighted by Gasteiger charge is 2.28. The number of hydrogen-bond donors (Lipinski definition) is 2. The van der Waals surface area contributed by atoms with Crippen molar-refractivity contribution in [3.8, 4) is 11.4 Å². The molecule has 1 aromatic heterocycles. The molecule has 1 atom stereocenters. The van der Waals surface area contributed by atoms with Crippen LogP contribution in [0, 0.1) is 0 Å². The minimum absolute atomic E-state index is 0.0631. The number of sulfonamides is 1. The quantitative estimate of drug-likeness (QED) is 0.475. The summed E-state index contributed by atoms with van der Waals surface area (Å²) in [7, 11) is -3.82. The summed E-state index contributed by atoms with van der Waals surface area (Å²) in [4.78, 5) is 0.200. The molecule has 2 heterocycles. The molecule has 0 spiro atoms. The van der Waals surface area contributed by atoms with Crippen LogP contribution in [0.15, 0.2) is 47.4 Å². The second kappa shape index (κ2) is 9.32. The van der Waals surface area contributed by atoms with Gasteiger partial charge in [-0.2, -0.15) is 0 Å². The Bertz CT molecular complexity index is 1270. The Morgan fingerprint density at radius 3 is 2.41 bits per heavy atom. The van der Waals surface area contributed by atoms with E-state index in [0.717, 1.165) is 30.9 Å². The van der Waals surface area contributed by atoms with Gasteiger partial charge in [-0.1, -0.05) is 58.4 Å². The fourth-order valence-electron chi connectivity index (χ4n) is 4.23. The molecule has 182 valence electrons. The van der Waals surface area contributed by atoms with Crippen molar-refractivity contribution in [1.82, 2.24) is 20.1 Å². The summed E-state index contributed by atoms with van der Waals surface area (Å²) >= 11 is 6.35. The van der Waals surface area contributed by atoms with Gasteiger partial charge in [-0.15, -0.1) is 10.2 Å². The number of nitrogens with zero attached hydrogens (tertiary/aromatic N) is 3. The van der Waals surface area contributed by atoms with Gasteiger partial charge in [-0.25, -0.2) is 8.42 Å². The topological polar surface area (TPSA) is 88.9 Å². The van der Waals surface area contributed by atoms with Gasteiger partial charge in [0.1, 0.15) is 5.82 Å². The molecule has 0 amide bonds. The zero-order valence-electron chi connectivity index (χ0n) is 20.3. The molecule has 1 saturated heterocycles. The van der Waals surface area contributed by atoms with E-state index in [2.05, 4.69) is 59.4 Å². The highest BCUT2D eigenvalue weighted by molar-refractivity contribution is 7.92. The molecule has 0 bridgehead atoms. The smallest absolute Gasteiger partial charge is 0.261 e. The van der Waals surface area contributed by atoms with Crippen LogP contribution in [0.3, 0.4) is 0 Å². The normalized spacial score (nSPS) is 16.9. The third-order valence-electron chi connectivity index (χ3n) is 6.14. The summed E-state index contributed by atoms with van der Waals surface area (Å²) in [5.41, 5.74) is 2.03. The molecule has 1 aliphatic rings. The van der Waals surface area contributed by atoms with Crippen molar-refractivity contribution in [2.75, 3.05) is 17.8 Å². The van der Waals surface area contributed by atoms with Crippen LogP contribution < -0.4 is 10.0 Å². The number of aromatic nitrogens is 3. The SMILES string of the molecule is CC(C)c1nnc(-c2cc(Cl)ccc2NS(=O)(=O)c2ccc(C(C)(C)C)cc2)n1[C@H]1CCNC1. The van der Waals surface area contributed by atoms with Gasteiger partial charge in [-0.3, -0.25) is 4.72 Å². The van der Waals surface area contributed by atoms with Gasteiger partial charge in [-0.05, 0) is 54.3 Å². The van der Waals surface area contributed by atoms with Crippen molar-refractivity contribution in [3.05, 3.63) is 58.9 Å². The van der Waals surface area contributed by atoms with Crippen molar-refractivity contribution in [1.29, 1.82) is 0 Å². The predicted octanol–water partition coefficient (Wildman–Crippen LogP) is 5.35. The van der Waals surface area contributed by atoms with Crippen LogP contribution in [0.5, 0.6) is 0 Å². The monoisotopic (exact) mass is 501 g/mol. The average molecular weight is 502 g/mol. The Labute approximate surface area is 207 Å². The van der Waals surface area contributed by atoms with E-state index in [-0.39, 0.29) is 22.3 Å². The lowest BCUT2D eigenvalue weighted by Crippen LogP contribution is -2.18. The molecule has 2 N–H and O–H groups in total. The zero-order chi connectivity index (χ0) is 24.7. The minimum Gasteiger partial charge on any atom is -0.315 e. The predicted molar refractivity (Wildman–Crippen MR) is 137 cm³/mol. The molecule has 7 nitrogen and oxygen atoms in total. The van der Waals surface area contributed by atoms with E-state index in [9.17, 15) is 8.42 Å². The van der Waals surface area contributed by atoms with Gasteiger partial charge in [0.05, 0.1) is 16.6 Å². The molecular weight excluding hydrogens is 470 g/mol. The summed E-state index contributed by atoms with van der Waals surface area (Å²) in [6.07, 6.45) is 0.951. The van der Waals surface area contributed by atoms with Crippen molar-refractivity contribution in [3.63, 3.8) is 0 Å². The first-order chi connectivity index (χ1) is 16.0. The van der Waals surface area contributed by atoms with Gasteiger partial charge < -0.3 is 9.88 Å². The molecule has 0 saturated carbocycles. The first-order valence-electron chi connectivity index (χ1n) is 11.6. The van der Waals surface area contributed by atoms with Gasteiger partial charge in [0, 0.05) is 23.0 Å². The molecule has 0 unspecified atom stereocenters. The maximum absolute atomic E-state index is 13.3. The molecular formula is C25H32ClN5O2S. The second-order valence-corrected chi connectivity index (χ2v) is 12.2. The molecule has 0 aliphatic carbocycles. The lowest BCUT2D eigenvalue weighted by Gasteiger charge is -2.20. The standard InChI is InChI=1S/C25H32ClN5O2S/c1-16(2)23-28-29-24(31(23)19-12-13-27-15-19)21-14-18(26)8-11-22(21)30-34(32,33)20-9-6-17(7-10-20)25(3,4)5/h6-11,14,16,19,27,30H,12-13,15H2,1-5H3/t19-/m0/s1. The van der Waals surface area contributed by atoms with Crippen molar-refractivity contribution >= 4 is 27.3 Å². The van der Waals surface area contributed by atoms with Crippen molar-refractivity contribution < 1.29 is 8.42 Å². The van der Waals surface area contributed by atoms with Crippen LogP contribution in [0.2, 0.25) is 5.02 Å². The number of hydrogen-bond acceptors (Lipinski definition) is 5. The summed E-state index contributed by atoms with van der Waals surface area (Å²) in [5, 5.41) is 12.8. The van der Waals surface area contributed by atoms with E-state index in [4.69, 9.17) is 11.6 Å². The van der Waals surface area contributed by atoms with Crippen LogP contribution >= 0.6 is 11.6 Å². The van der Waals surface area contributed by atoms with Crippen LogP contribution in [0.25, 0.3) is 11.4 Å². The molecule has 2 aromatic carbocycles. The number of rotatable bonds is 6. The minimum atomic E-state index is -3.82. The fourth-order valence-corrected chi connectivity index (χ4v) is 5.48. The molecule has 1 fully saturated rings. The maximum atomic E-state index is 13.3. The van der Waals surface area contributed by atoms with Crippen molar-refractivity contribution in [2.24, 2.45) is 0 Å². The third kappa shape index (κ3) is 4.99. The van der Waals surface area contributed by atoms with Crippen molar-refractivity contribution in [2.45, 2.75) is 63.3 Å². The number of nitrogens with one attached hydrogen (secondary N) is 2. The number of halogens is 1. The Morgan fingerprint density at radius 1 is 1.12 bits per heavy atom. The molecule has 0 radical (unpaired) electrons. The van der Waals surface area contributed by atoms with Crippen LogP contribution in [-0.2, 0) is 15.4 Å². The highest BCUT2D eigenvalue weighted by atomic mass is 35.5. The molecule has 4 rings (SSSR count). The number of anilines is 1. The fraction of sp³-hybridized carbons (Fsp3) is 0.440. The third-order valence-corrected chi connectivity index (χ3v) is 7.75. The number of benzene rings is 2. The summed E-state index contributed by atoms with van der Waals surface area (Å²) in [5.74, 6) is 1.65. The largest absolute Gasteiger partial charge is 0.315 e. The van der Waals surface area contributed by atoms with E-state index in [0.29, 0.717) is 22.1 Å². The lowest BCUT2D eigenvalue weighted by molar-refractivity contribution is 0.514. The van der Waals surface area contributed by atoms with Crippen LogP contribution in [0.1, 0.15) is 64.4 Å². The van der Waals surface area contributed by atoms with E-state index in [1.54, 1.807) is 30.3 Å². The molecule has 3 aromatic rings. The van der Waals surface area contributed by atoms with Gasteiger partial charge in [0.2, 0.25) is 0 Å². The van der Waals surface area contributed by atoms with Gasteiger partial charge in [0.25, 0.3) is 10.0 Å². The second-order valence-electron chi connectivity index (χ2n) is 10.1. The average Bonchev–Trinajstić information content (AvgIpc) is 3.44. The Balaban J connectivity index is 1.76. The Hall–Kier alpha value is -2.42. The Morgan fingerprint density at radius 2 is 1.82 bits per heavy atom. The Kier molecular flexibility index (Phi) is 6.77. The first-order valence-corrected chi connectivity index (χ1v) is 13.4. The zero-order valence-corrected chi connectivity index (χ0v) is 21.8. The van der Waals surface area contributed by atoms with E-state index in [1.165, 1.54) is 0 Å². The van der Waals surface area contributed by atoms with E-state index in [1.807, 2.05) is 12.1 Å². The summed E-state index contributed by atoms with van der Waals surface area (Å²) < 4.78 is 31.5. The molecule has 1 aliphatic heterocycles. The van der Waals surface area contributed by atoms with Gasteiger partial charge in [0.15, 0.2) is 5.82 Å². The first kappa shape index (κ1) is 24.7. The van der Waals surface area contributed by atoms with E-state index >= 15 is 0 Å². The maximum Gasteiger partial charge on any atom is 0.261 e. The highest BCUT2D eigenvalue weighted by Crippen LogP contribution is 2.35. The lowest BCUT2D eigenvalue weighted by atomic mass is 9.87. The summed E-state index contributed by atoms with van der Waals surface area (Å²) in [6.45, 7) is 12.2.